The van der Waals surface area contributed by atoms with Crippen LogP contribution in [0, 0.1) is 15.9 Å². The van der Waals surface area contributed by atoms with Crippen molar-refractivity contribution < 1.29 is 18.8 Å². The number of hydrogen-bond donors (Lipinski definition) is 0. The van der Waals surface area contributed by atoms with Crippen LogP contribution in [-0.2, 0) is 0 Å². The minimum Gasteiger partial charge on any atom is -0.457 e. The van der Waals surface area contributed by atoms with Crippen LogP contribution in [0.2, 0.25) is 0 Å². The molecule has 0 aliphatic carbocycles. The van der Waals surface area contributed by atoms with Crippen LogP contribution < -0.4 is 4.74 Å². The Hall–Kier alpha value is -2.28. The number of ether oxygens (including phenoxy) is 1. The highest BCUT2D eigenvalue weighted by Gasteiger charge is 2.11. The topological polar surface area (TPSA) is 69.4 Å². The lowest BCUT2D eigenvalue weighted by atomic mass is 10.2. The van der Waals surface area contributed by atoms with Gasteiger partial charge in [0.2, 0.25) is 0 Å². The number of halogens is 2. The van der Waals surface area contributed by atoms with Crippen molar-refractivity contribution in [2.24, 2.45) is 0 Å². The van der Waals surface area contributed by atoms with Crippen molar-refractivity contribution in [3.05, 3.63) is 62.4 Å². The molecule has 0 N–H and O–H groups in total. The lowest BCUT2D eigenvalue weighted by molar-refractivity contribution is -0.385. The molecule has 0 aliphatic rings. The molecule has 2 rings (SSSR count). The van der Waals surface area contributed by atoms with Gasteiger partial charge in [0.1, 0.15) is 23.6 Å². The third-order valence-corrected chi connectivity index (χ3v) is 2.79. The van der Waals surface area contributed by atoms with Crippen molar-refractivity contribution in [3.63, 3.8) is 0 Å². The van der Waals surface area contributed by atoms with Crippen molar-refractivity contribution in [2.45, 2.75) is 0 Å². The van der Waals surface area contributed by atoms with E-state index < -0.39 is 10.7 Å². The molecule has 102 valence electrons. The molecular formula is C13H7BrFNO4. The van der Waals surface area contributed by atoms with Crippen molar-refractivity contribution in [1.82, 2.24) is 0 Å². The first-order valence-electron chi connectivity index (χ1n) is 5.36. The number of benzene rings is 2. The Labute approximate surface area is 121 Å². The monoisotopic (exact) mass is 339 g/mol. The molecule has 0 unspecified atom stereocenters. The highest BCUT2D eigenvalue weighted by Crippen LogP contribution is 2.30. The summed E-state index contributed by atoms with van der Waals surface area (Å²) in [6.07, 6.45) is 0.485. The van der Waals surface area contributed by atoms with Crippen LogP contribution >= 0.6 is 15.9 Å². The molecule has 20 heavy (non-hydrogen) atoms. The number of carbonyl (C=O) groups excluding carboxylic acids is 1. The van der Waals surface area contributed by atoms with Gasteiger partial charge in [0.25, 0.3) is 5.69 Å². The molecule has 0 radical (unpaired) electrons. The number of nitro groups is 1. The van der Waals surface area contributed by atoms with Crippen LogP contribution in [0.15, 0.2) is 40.9 Å². The molecule has 0 spiro atoms. The lowest BCUT2D eigenvalue weighted by Crippen LogP contribution is -1.92. The Morgan fingerprint density at radius 3 is 2.50 bits per heavy atom. The van der Waals surface area contributed by atoms with E-state index in [1.54, 1.807) is 0 Å². The van der Waals surface area contributed by atoms with E-state index in [1.165, 1.54) is 24.3 Å². The van der Waals surface area contributed by atoms with Crippen LogP contribution in [0.25, 0.3) is 0 Å². The maximum Gasteiger partial charge on any atom is 0.274 e. The highest BCUT2D eigenvalue weighted by atomic mass is 79.9. The number of aldehydes is 1. The van der Waals surface area contributed by atoms with E-state index in [0.29, 0.717) is 10.8 Å². The molecule has 0 saturated carbocycles. The molecule has 0 amide bonds. The predicted molar refractivity (Wildman–Crippen MR) is 72.7 cm³/mol. The second kappa shape index (κ2) is 5.79. The molecule has 2 aromatic rings. The number of non-ortho nitro benzene ring substituents is 1. The molecule has 0 fully saturated rings. The van der Waals surface area contributed by atoms with E-state index in [2.05, 4.69) is 15.9 Å². The van der Waals surface area contributed by atoms with Crippen molar-refractivity contribution in [3.8, 4) is 11.5 Å². The number of carbonyl (C=O) groups is 1. The molecule has 0 heterocycles. The zero-order chi connectivity index (χ0) is 14.7. The molecule has 0 bridgehead atoms. The maximum absolute atomic E-state index is 13.2. The van der Waals surface area contributed by atoms with Crippen molar-refractivity contribution in [1.29, 1.82) is 0 Å². The molecule has 0 saturated heterocycles. The second-order valence-electron chi connectivity index (χ2n) is 3.84. The quantitative estimate of drug-likeness (QED) is 0.477. The fourth-order valence-corrected chi connectivity index (χ4v) is 2.02. The third kappa shape index (κ3) is 3.39. The van der Waals surface area contributed by atoms with Crippen molar-refractivity contribution in [2.75, 3.05) is 0 Å². The van der Waals surface area contributed by atoms with Gasteiger partial charge >= 0.3 is 0 Å². The first-order chi connectivity index (χ1) is 9.47. The van der Waals surface area contributed by atoms with Gasteiger partial charge in [-0.1, -0.05) is 15.9 Å². The van der Waals surface area contributed by atoms with Gasteiger partial charge in [0, 0.05) is 22.2 Å². The molecule has 5 nitrogen and oxygen atoms in total. The highest BCUT2D eigenvalue weighted by molar-refractivity contribution is 9.10. The summed E-state index contributed by atoms with van der Waals surface area (Å²) >= 11 is 3.12. The third-order valence-electron chi connectivity index (χ3n) is 2.33. The van der Waals surface area contributed by atoms with Gasteiger partial charge in [-0.2, -0.15) is 0 Å². The Kier molecular flexibility index (Phi) is 4.09. The second-order valence-corrected chi connectivity index (χ2v) is 4.76. The van der Waals surface area contributed by atoms with Gasteiger partial charge in [-0.15, -0.1) is 0 Å². The number of rotatable bonds is 4. The zero-order valence-corrected chi connectivity index (χ0v) is 11.5. The fourth-order valence-electron chi connectivity index (χ4n) is 1.56. The van der Waals surface area contributed by atoms with E-state index in [1.807, 2.05) is 0 Å². The molecule has 0 atom stereocenters. The van der Waals surface area contributed by atoms with E-state index >= 15 is 0 Å². The summed E-state index contributed by atoms with van der Waals surface area (Å²) in [6, 6.07) is 7.50. The normalized spacial score (nSPS) is 10.1. The summed E-state index contributed by atoms with van der Waals surface area (Å²) in [4.78, 5) is 20.8. The Bertz CT molecular complexity index is 690. The van der Waals surface area contributed by atoms with E-state index in [0.717, 1.165) is 12.1 Å². The van der Waals surface area contributed by atoms with Crippen LogP contribution in [0.5, 0.6) is 11.5 Å². The average Bonchev–Trinajstić information content (AvgIpc) is 2.37. The van der Waals surface area contributed by atoms with E-state index in [9.17, 15) is 19.3 Å². The molecule has 0 aliphatic heterocycles. The predicted octanol–water partition coefficient (Wildman–Crippen LogP) is 4.10. The summed E-state index contributed by atoms with van der Waals surface area (Å²) in [5.41, 5.74) is -0.0501. The fraction of sp³-hybridized carbons (Fsp3) is 0. The van der Waals surface area contributed by atoms with Crippen LogP contribution in [0.1, 0.15) is 10.4 Å². The number of nitro benzene ring substituents is 1. The number of hydrogen-bond acceptors (Lipinski definition) is 4. The summed E-state index contributed by atoms with van der Waals surface area (Å²) < 4.78 is 19.0. The van der Waals surface area contributed by atoms with Crippen molar-refractivity contribution >= 4 is 27.9 Å². The van der Waals surface area contributed by atoms with Gasteiger partial charge in [-0.25, -0.2) is 4.39 Å². The van der Waals surface area contributed by atoms with Gasteiger partial charge in [0.15, 0.2) is 0 Å². The number of nitrogens with zero attached hydrogens (tertiary/aromatic N) is 1. The van der Waals surface area contributed by atoms with Crippen LogP contribution in [-0.4, -0.2) is 11.2 Å². The van der Waals surface area contributed by atoms with Crippen LogP contribution in [0.3, 0.4) is 0 Å². The lowest BCUT2D eigenvalue weighted by Gasteiger charge is -2.07. The molecule has 7 heteroatoms. The first-order valence-corrected chi connectivity index (χ1v) is 6.16. The minimum atomic E-state index is -0.630. The summed E-state index contributed by atoms with van der Waals surface area (Å²) in [7, 11) is 0. The summed E-state index contributed by atoms with van der Waals surface area (Å²) in [5, 5.41) is 10.7. The molecule has 0 aromatic heterocycles. The Balaban J connectivity index is 2.36. The maximum atomic E-state index is 13.2. The molecule has 2 aromatic carbocycles. The SMILES string of the molecule is O=Cc1cc(F)cc(Oc2cc(Br)cc([N+](=O)[O-])c2)c1. The Morgan fingerprint density at radius 2 is 1.85 bits per heavy atom. The Morgan fingerprint density at radius 1 is 1.15 bits per heavy atom. The first kappa shape index (κ1) is 14.1. The van der Waals surface area contributed by atoms with Gasteiger partial charge < -0.3 is 4.74 Å². The largest absolute Gasteiger partial charge is 0.457 e. The van der Waals surface area contributed by atoms with E-state index in [4.69, 9.17) is 4.74 Å². The summed E-state index contributed by atoms with van der Waals surface area (Å²) in [5.74, 6) is -0.387. The van der Waals surface area contributed by atoms with Gasteiger partial charge in [0.05, 0.1) is 11.0 Å². The van der Waals surface area contributed by atoms with Gasteiger partial charge in [-0.05, 0) is 18.2 Å². The van der Waals surface area contributed by atoms with Gasteiger partial charge in [-0.3, -0.25) is 14.9 Å². The van der Waals surface area contributed by atoms with Crippen LogP contribution in [0.4, 0.5) is 10.1 Å². The smallest absolute Gasteiger partial charge is 0.274 e. The minimum absolute atomic E-state index is 0.0829. The van der Waals surface area contributed by atoms with E-state index in [-0.39, 0.29) is 22.7 Å². The standard InChI is InChI=1S/C13H7BrFNO4/c14-9-3-11(16(18)19)6-13(4-9)20-12-2-8(7-17)1-10(15)5-12/h1-7H. The average molecular weight is 340 g/mol. The molecular weight excluding hydrogens is 333 g/mol. The zero-order valence-electron chi connectivity index (χ0n) is 9.88. The summed E-state index contributed by atoms with van der Waals surface area (Å²) in [6.45, 7) is 0.